The number of amides is 2. The summed E-state index contributed by atoms with van der Waals surface area (Å²) in [5, 5.41) is 8.98. The number of urea groups is 1. The summed E-state index contributed by atoms with van der Waals surface area (Å²) in [5.74, 6) is 1.58. The average molecular weight is 292 g/mol. The molecule has 0 fully saturated rings. The number of hydrogen-bond donors (Lipinski definition) is 1. The Bertz CT molecular complexity index is 661. The number of aryl methyl sites for hydroxylation is 3. The summed E-state index contributed by atoms with van der Waals surface area (Å²) in [6.07, 6.45) is 0. The van der Waals surface area contributed by atoms with Crippen LogP contribution < -0.4 is 5.32 Å². The van der Waals surface area contributed by atoms with E-state index in [0.29, 0.717) is 19.6 Å². The number of rotatable bonds is 1. The van der Waals surface area contributed by atoms with Gasteiger partial charge >= 0.3 is 6.03 Å². The summed E-state index contributed by atoms with van der Waals surface area (Å²) in [6.45, 7) is 7.50. The Labute approximate surface area is 120 Å². The zero-order valence-electron chi connectivity index (χ0n) is 11.7. The number of aromatic nitrogens is 4. The van der Waals surface area contributed by atoms with Gasteiger partial charge in [0.25, 0.3) is 0 Å². The molecule has 3 rings (SSSR count). The van der Waals surface area contributed by atoms with E-state index in [4.69, 9.17) is 0 Å². The third kappa shape index (κ3) is 2.38. The van der Waals surface area contributed by atoms with Crippen molar-refractivity contribution in [2.24, 2.45) is 0 Å². The van der Waals surface area contributed by atoms with Crippen LogP contribution in [0.25, 0.3) is 0 Å². The molecular weight excluding hydrogens is 276 g/mol. The molecule has 0 unspecified atom stereocenters. The maximum atomic E-state index is 12.3. The molecule has 2 amide bonds. The van der Waals surface area contributed by atoms with Gasteiger partial charge in [0.05, 0.1) is 23.8 Å². The van der Waals surface area contributed by atoms with Gasteiger partial charge in [-0.15, -0.1) is 11.3 Å². The molecule has 0 spiro atoms. The predicted octanol–water partition coefficient (Wildman–Crippen LogP) is 1.71. The van der Waals surface area contributed by atoms with Crippen molar-refractivity contribution < 1.29 is 4.79 Å². The summed E-state index contributed by atoms with van der Waals surface area (Å²) < 4.78 is 1.86. The first-order valence-electron chi connectivity index (χ1n) is 6.43. The smallest absolute Gasteiger partial charge is 0.315 e. The lowest BCUT2D eigenvalue weighted by molar-refractivity contribution is 0.193. The van der Waals surface area contributed by atoms with Gasteiger partial charge in [-0.05, 0) is 20.8 Å². The van der Waals surface area contributed by atoms with Crippen molar-refractivity contribution in [3.05, 3.63) is 22.4 Å². The number of nitrogens with one attached hydrogen (secondary N) is 1. The molecule has 3 heterocycles. The highest BCUT2D eigenvalue weighted by molar-refractivity contribution is 7.16. The van der Waals surface area contributed by atoms with Gasteiger partial charge in [-0.2, -0.15) is 5.10 Å². The van der Waals surface area contributed by atoms with Crippen LogP contribution >= 0.6 is 11.3 Å². The van der Waals surface area contributed by atoms with Crippen molar-refractivity contribution in [2.75, 3.05) is 11.9 Å². The van der Waals surface area contributed by atoms with E-state index in [9.17, 15) is 4.79 Å². The molecule has 1 N–H and O–H groups in total. The normalized spacial score (nSPS) is 14.2. The van der Waals surface area contributed by atoms with Gasteiger partial charge < -0.3 is 4.90 Å². The first-order valence-corrected chi connectivity index (χ1v) is 7.25. The van der Waals surface area contributed by atoms with Crippen LogP contribution in [0.5, 0.6) is 0 Å². The van der Waals surface area contributed by atoms with Crippen LogP contribution in [-0.2, 0) is 13.1 Å². The van der Waals surface area contributed by atoms with Crippen molar-refractivity contribution in [2.45, 2.75) is 33.9 Å². The second kappa shape index (κ2) is 4.86. The van der Waals surface area contributed by atoms with Crippen molar-refractivity contribution in [1.29, 1.82) is 0 Å². The summed E-state index contributed by atoms with van der Waals surface area (Å²) in [4.78, 5) is 22.7. The Balaban J connectivity index is 1.71. The minimum absolute atomic E-state index is 0.108. The first kappa shape index (κ1) is 13.0. The van der Waals surface area contributed by atoms with E-state index in [1.54, 1.807) is 4.90 Å². The van der Waals surface area contributed by atoms with Gasteiger partial charge in [0.1, 0.15) is 16.6 Å². The van der Waals surface area contributed by atoms with E-state index in [1.807, 2.05) is 25.5 Å². The van der Waals surface area contributed by atoms with Gasteiger partial charge in [-0.1, -0.05) is 0 Å². The van der Waals surface area contributed by atoms with E-state index in [1.165, 1.54) is 11.3 Å². The molecule has 0 saturated carbocycles. The molecule has 2 aromatic heterocycles. The Hall–Kier alpha value is -1.96. The molecule has 2 aromatic rings. The van der Waals surface area contributed by atoms with Crippen LogP contribution in [0.2, 0.25) is 0 Å². The van der Waals surface area contributed by atoms with E-state index in [-0.39, 0.29) is 6.03 Å². The number of hydrogen-bond acceptors (Lipinski definition) is 5. The summed E-state index contributed by atoms with van der Waals surface area (Å²) in [5.41, 5.74) is 0.858. The predicted molar refractivity (Wildman–Crippen MR) is 75.8 cm³/mol. The van der Waals surface area contributed by atoms with E-state index < -0.39 is 0 Å². The number of carbonyl (C=O) groups is 1. The topological polar surface area (TPSA) is 75.9 Å². The molecule has 20 heavy (non-hydrogen) atoms. The molecule has 0 bridgehead atoms. The largest absolute Gasteiger partial charge is 0.322 e. The molecule has 0 aliphatic carbocycles. The van der Waals surface area contributed by atoms with Crippen LogP contribution in [0.1, 0.15) is 22.4 Å². The molecule has 106 valence electrons. The lowest BCUT2D eigenvalue weighted by Gasteiger charge is -2.26. The summed E-state index contributed by atoms with van der Waals surface area (Å²) >= 11 is 1.49. The third-order valence-corrected chi connectivity index (χ3v) is 4.17. The molecular formula is C12H16N6OS. The number of carbonyl (C=O) groups excluding carboxylic acids is 1. The van der Waals surface area contributed by atoms with Gasteiger partial charge in [-0.25, -0.2) is 19.4 Å². The Kier molecular flexibility index (Phi) is 3.17. The fourth-order valence-electron chi connectivity index (χ4n) is 2.26. The fraction of sp³-hybridized carbons (Fsp3) is 0.500. The number of fused-ring (bicyclic) bond motifs is 1. The molecule has 7 nitrogen and oxygen atoms in total. The molecule has 1 aliphatic rings. The van der Waals surface area contributed by atoms with Crippen LogP contribution in [0.3, 0.4) is 0 Å². The third-order valence-electron chi connectivity index (χ3n) is 3.18. The molecule has 8 heteroatoms. The van der Waals surface area contributed by atoms with Crippen LogP contribution in [0.15, 0.2) is 0 Å². The summed E-state index contributed by atoms with van der Waals surface area (Å²) in [6, 6.07) is -0.108. The Morgan fingerprint density at radius 3 is 2.75 bits per heavy atom. The van der Waals surface area contributed by atoms with Crippen LogP contribution in [0.4, 0.5) is 9.80 Å². The van der Waals surface area contributed by atoms with Crippen molar-refractivity contribution in [3.8, 4) is 0 Å². The first-order chi connectivity index (χ1) is 9.52. The van der Waals surface area contributed by atoms with E-state index >= 15 is 0 Å². The molecule has 1 aliphatic heterocycles. The minimum Gasteiger partial charge on any atom is -0.315 e. The quantitative estimate of drug-likeness (QED) is 0.868. The number of nitrogens with zero attached hydrogens (tertiary/aromatic N) is 5. The highest BCUT2D eigenvalue weighted by atomic mass is 32.1. The Morgan fingerprint density at radius 2 is 2.05 bits per heavy atom. The molecule has 0 radical (unpaired) electrons. The fourth-order valence-corrected chi connectivity index (χ4v) is 3.07. The maximum Gasteiger partial charge on any atom is 0.322 e. The Morgan fingerprint density at radius 1 is 1.25 bits per heavy atom. The molecule has 0 saturated heterocycles. The second-order valence-corrected chi connectivity index (χ2v) is 6.00. The SMILES string of the molecule is Cc1nc2n(n1)CCN(C(=O)Nc1sc(C)nc1C)C2. The lowest BCUT2D eigenvalue weighted by atomic mass is 10.4. The maximum absolute atomic E-state index is 12.3. The van der Waals surface area contributed by atoms with Crippen LogP contribution in [-0.4, -0.2) is 37.2 Å². The van der Waals surface area contributed by atoms with Gasteiger partial charge in [0, 0.05) is 6.54 Å². The highest BCUT2D eigenvalue weighted by Crippen LogP contribution is 2.24. The minimum atomic E-state index is -0.108. The van der Waals surface area contributed by atoms with E-state index in [2.05, 4.69) is 20.4 Å². The van der Waals surface area contributed by atoms with E-state index in [0.717, 1.165) is 27.4 Å². The van der Waals surface area contributed by atoms with Crippen molar-refractivity contribution in [3.63, 3.8) is 0 Å². The number of thiazole rings is 1. The summed E-state index contributed by atoms with van der Waals surface area (Å²) in [7, 11) is 0. The lowest BCUT2D eigenvalue weighted by Crippen LogP contribution is -2.41. The number of anilines is 1. The van der Waals surface area contributed by atoms with Crippen LogP contribution in [0, 0.1) is 20.8 Å². The van der Waals surface area contributed by atoms with Crippen molar-refractivity contribution >= 4 is 22.4 Å². The standard InChI is InChI=1S/C12H16N6OS/c1-7-11(20-9(3)13-7)15-12(19)17-4-5-18-10(6-17)14-8(2)16-18/h4-6H2,1-3H3,(H,15,19). The second-order valence-electron chi connectivity index (χ2n) is 4.80. The van der Waals surface area contributed by atoms with Gasteiger partial charge in [0.15, 0.2) is 0 Å². The zero-order chi connectivity index (χ0) is 14.3. The molecule has 0 atom stereocenters. The molecule has 0 aromatic carbocycles. The highest BCUT2D eigenvalue weighted by Gasteiger charge is 2.23. The van der Waals surface area contributed by atoms with Gasteiger partial charge in [-0.3, -0.25) is 5.32 Å². The average Bonchev–Trinajstić information content (AvgIpc) is 2.90. The van der Waals surface area contributed by atoms with Gasteiger partial charge in [0.2, 0.25) is 0 Å². The monoisotopic (exact) mass is 292 g/mol. The zero-order valence-corrected chi connectivity index (χ0v) is 12.5. The van der Waals surface area contributed by atoms with Crippen molar-refractivity contribution in [1.82, 2.24) is 24.6 Å².